The van der Waals surface area contributed by atoms with Gasteiger partial charge in [0, 0.05) is 19.1 Å². The van der Waals surface area contributed by atoms with Crippen LogP contribution in [-0.2, 0) is 18.9 Å². The van der Waals surface area contributed by atoms with Gasteiger partial charge in [-0.05, 0) is 25.1 Å². The van der Waals surface area contributed by atoms with E-state index >= 15 is 0 Å². The lowest BCUT2D eigenvalue weighted by Gasteiger charge is -2.15. The molecule has 8 nitrogen and oxygen atoms in total. The Bertz CT molecular complexity index is 1150. The Balaban J connectivity index is 2.02. The van der Waals surface area contributed by atoms with E-state index in [9.17, 15) is 18.8 Å². The fourth-order valence-electron chi connectivity index (χ4n) is 2.61. The number of rotatable bonds is 3. The van der Waals surface area contributed by atoms with Gasteiger partial charge in [-0.3, -0.25) is 18.7 Å². The molecule has 3 rings (SSSR count). The largest absolute Gasteiger partial charge is 0.332 e. The predicted octanol–water partition coefficient (Wildman–Crippen LogP) is 1.43. The molecule has 0 saturated carbocycles. The van der Waals surface area contributed by atoms with E-state index in [0.717, 1.165) is 10.6 Å². The molecule has 0 fully saturated rings. The summed E-state index contributed by atoms with van der Waals surface area (Å²) in [5, 5.41) is 2.66. The van der Waals surface area contributed by atoms with Crippen molar-refractivity contribution in [1.29, 1.82) is 0 Å². The fraction of sp³-hybridized carbons (Fsp3) is 0.250. The van der Waals surface area contributed by atoms with Crippen LogP contribution in [0.4, 0.5) is 10.1 Å². The Hall–Kier alpha value is -2.94. The molecule has 136 valence electrons. The van der Waals surface area contributed by atoms with Gasteiger partial charge in [0.15, 0.2) is 11.2 Å². The van der Waals surface area contributed by atoms with Gasteiger partial charge in [0.05, 0.1) is 12.0 Å². The Morgan fingerprint density at radius 2 is 1.96 bits per heavy atom. The molecule has 0 spiro atoms. The van der Waals surface area contributed by atoms with Crippen molar-refractivity contribution in [3.05, 3.63) is 56.2 Å². The molecule has 3 aromatic rings. The molecular weight excluding hydrogens is 365 g/mol. The molecule has 10 heteroatoms. The van der Waals surface area contributed by atoms with Crippen molar-refractivity contribution >= 4 is 34.4 Å². The van der Waals surface area contributed by atoms with Gasteiger partial charge in [0.25, 0.3) is 5.56 Å². The molecule has 0 aliphatic carbocycles. The lowest BCUT2D eigenvalue weighted by Crippen LogP contribution is -2.38. The van der Waals surface area contributed by atoms with Gasteiger partial charge in [-0.1, -0.05) is 11.6 Å². The first-order valence-electron chi connectivity index (χ1n) is 7.61. The number of nitrogens with zero attached hydrogens (tertiary/aromatic N) is 4. The predicted molar refractivity (Wildman–Crippen MR) is 95.0 cm³/mol. The second kappa shape index (κ2) is 6.41. The highest BCUT2D eigenvalue weighted by Gasteiger charge is 2.22. The lowest BCUT2D eigenvalue weighted by molar-refractivity contribution is -0.118. The topological polar surface area (TPSA) is 90.9 Å². The second-order valence-electron chi connectivity index (χ2n) is 5.82. The zero-order chi connectivity index (χ0) is 19.2. The average Bonchev–Trinajstić information content (AvgIpc) is 3.04. The smallest absolute Gasteiger partial charge is 0.322 e. The molecule has 0 bridgehead atoms. The number of hydrogen-bond acceptors (Lipinski definition) is 4. The van der Waals surface area contributed by atoms with Crippen LogP contribution in [0, 0.1) is 5.82 Å². The molecule has 0 radical (unpaired) electrons. The van der Waals surface area contributed by atoms with Gasteiger partial charge >= 0.3 is 5.69 Å². The number of fused-ring (bicyclic) bond motifs is 1. The monoisotopic (exact) mass is 379 g/mol. The van der Waals surface area contributed by atoms with Crippen LogP contribution in [0.1, 0.15) is 13.0 Å². The summed E-state index contributed by atoms with van der Waals surface area (Å²) in [7, 11) is 2.82. The van der Waals surface area contributed by atoms with E-state index in [1.54, 1.807) is 0 Å². The van der Waals surface area contributed by atoms with Crippen LogP contribution in [0.5, 0.6) is 0 Å². The van der Waals surface area contributed by atoms with E-state index in [0.29, 0.717) is 0 Å². The molecule has 1 N–H and O–H groups in total. The van der Waals surface area contributed by atoms with E-state index in [-0.39, 0.29) is 21.9 Å². The zero-order valence-electron chi connectivity index (χ0n) is 14.2. The third-order valence-electron chi connectivity index (χ3n) is 4.16. The highest BCUT2D eigenvalue weighted by Crippen LogP contribution is 2.21. The summed E-state index contributed by atoms with van der Waals surface area (Å²) in [6, 6.07) is 3.00. The molecule has 1 atom stereocenters. The Morgan fingerprint density at radius 3 is 2.62 bits per heavy atom. The number of carbonyl (C=O) groups excluding carboxylic acids is 1. The van der Waals surface area contributed by atoms with Crippen molar-refractivity contribution in [2.24, 2.45) is 14.1 Å². The normalized spacial score (nSPS) is 12.3. The van der Waals surface area contributed by atoms with Gasteiger partial charge in [0.2, 0.25) is 5.91 Å². The average molecular weight is 380 g/mol. The molecule has 0 aliphatic rings. The Morgan fingerprint density at radius 1 is 1.27 bits per heavy atom. The molecule has 26 heavy (non-hydrogen) atoms. The van der Waals surface area contributed by atoms with Crippen LogP contribution in [-0.4, -0.2) is 24.6 Å². The number of benzene rings is 1. The molecule has 1 amide bonds. The van der Waals surface area contributed by atoms with Gasteiger partial charge in [-0.15, -0.1) is 0 Å². The number of imidazole rings is 1. The Kier molecular flexibility index (Phi) is 4.41. The van der Waals surface area contributed by atoms with Gasteiger partial charge in [-0.25, -0.2) is 14.2 Å². The fourth-order valence-corrected chi connectivity index (χ4v) is 2.77. The quantitative estimate of drug-likeness (QED) is 0.745. The number of hydrogen-bond donors (Lipinski definition) is 1. The highest BCUT2D eigenvalue weighted by atomic mass is 35.5. The standard InChI is InChI=1S/C16H15ClFN5O3/c1-8(14(24)20-11-5-4-9(17)6-10(11)18)23-7-19-13-12(23)15(25)22(3)16(26)21(13)2/h4-8H,1-3H3,(H,20,24). The molecule has 0 aliphatic heterocycles. The summed E-state index contributed by atoms with van der Waals surface area (Å²) in [5.74, 6) is -1.23. The van der Waals surface area contributed by atoms with Crippen LogP contribution in [0.15, 0.2) is 34.1 Å². The van der Waals surface area contributed by atoms with E-state index in [1.807, 2.05) is 0 Å². The maximum atomic E-state index is 13.9. The van der Waals surface area contributed by atoms with Crippen molar-refractivity contribution in [3.63, 3.8) is 0 Å². The third kappa shape index (κ3) is 2.80. The Labute approximate surface area is 151 Å². The zero-order valence-corrected chi connectivity index (χ0v) is 14.9. The maximum absolute atomic E-state index is 13.9. The van der Waals surface area contributed by atoms with Crippen LogP contribution in [0.3, 0.4) is 0 Å². The highest BCUT2D eigenvalue weighted by molar-refractivity contribution is 6.30. The van der Waals surface area contributed by atoms with Gasteiger partial charge in [0.1, 0.15) is 11.9 Å². The minimum atomic E-state index is -0.875. The minimum absolute atomic E-state index is 0.0315. The summed E-state index contributed by atoms with van der Waals surface area (Å²) >= 11 is 5.69. The number of anilines is 1. The maximum Gasteiger partial charge on any atom is 0.332 e. The van der Waals surface area contributed by atoms with Gasteiger partial charge < -0.3 is 9.88 Å². The lowest BCUT2D eigenvalue weighted by atomic mass is 10.2. The summed E-state index contributed by atoms with van der Waals surface area (Å²) in [4.78, 5) is 41.0. The molecule has 1 unspecified atom stereocenters. The molecule has 1 aromatic carbocycles. The first kappa shape index (κ1) is 17.9. The molecule has 2 aromatic heterocycles. The first-order valence-corrected chi connectivity index (χ1v) is 7.98. The van der Waals surface area contributed by atoms with Gasteiger partial charge in [-0.2, -0.15) is 0 Å². The van der Waals surface area contributed by atoms with E-state index in [4.69, 9.17) is 11.6 Å². The number of aromatic nitrogens is 4. The van der Waals surface area contributed by atoms with Crippen LogP contribution < -0.4 is 16.6 Å². The summed E-state index contributed by atoms with van der Waals surface area (Å²) in [6.07, 6.45) is 1.30. The number of aryl methyl sites for hydroxylation is 1. The second-order valence-corrected chi connectivity index (χ2v) is 6.26. The SMILES string of the molecule is CC(C(=O)Nc1ccc(Cl)cc1F)n1cnc2c1c(=O)n(C)c(=O)n2C. The van der Waals surface area contributed by atoms with E-state index in [1.165, 1.54) is 48.6 Å². The van der Waals surface area contributed by atoms with Crippen LogP contribution in [0.25, 0.3) is 11.2 Å². The van der Waals surface area contributed by atoms with Crippen molar-refractivity contribution in [3.8, 4) is 0 Å². The van der Waals surface area contributed by atoms with E-state index in [2.05, 4.69) is 10.3 Å². The van der Waals surface area contributed by atoms with Crippen molar-refractivity contribution in [2.75, 3.05) is 5.32 Å². The first-order chi connectivity index (χ1) is 12.2. The number of nitrogens with one attached hydrogen (secondary N) is 1. The van der Waals surface area contributed by atoms with Crippen molar-refractivity contribution < 1.29 is 9.18 Å². The summed E-state index contributed by atoms with van der Waals surface area (Å²) < 4.78 is 17.4. The summed E-state index contributed by atoms with van der Waals surface area (Å²) in [6.45, 7) is 1.54. The number of amides is 1. The minimum Gasteiger partial charge on any atom is -0.322 e. The summed E-state index contributed by atoms with van der Waals surface area (Å²) in [5.41, 5.74) is -0.855. The third-order valence-corrected chi connectivity index (χ3v) is 4.39. The van der Waals surface area contributed by atoms with Crippen LogP contribution >= 0.6 is 11.6 Å². The molecule has 2 heterocycles. The molecule has 0 saturated heterocycles. The van der Waals surface area contributed by atoms with Crippen molar-refractivity contribution in [1.82, 2.24) is 18.7 Å². The molecular formula is C16H15ClFN5O3. The number of halogens is 2. The number of carbonyl (C=O) groups is 1. The van der Waals surface area contributed by atoms with Crippen molar-refractivity contribution in [2.45, 2.75) is 13.0 Å². The van der Waals surface area contributed by atoms with Crippen LogP contribution in [0.2, 0.25) is 5.02 Å². The van der Waals surface area contributed by atoms with E-state index < -0.39 is 29.0 Å².